The highest BCUT2D eigenvalue weighted by molar-refractivity contribution is 6.33. The molecule has 0 fully saturated rings. The number of hydrogen-bond acceptors (Lipinski definition) is 1. The molecule has 0 amide bonds. The molecule has 1 nitrogen and oxygen atoms in total. The molecule has 2 aromatic rings. The Morgan fingerprint density at radius 3 is 2.38 bits per heavy atom. The molecule has 21 heavy (non-hydrogen) atoms. The van der Waals surface area contributed by atoms with Crippen molar-refractivity contribution in [3.63, 3.8) is 0 Å². The standard InChI is InChI=1S/C16H15ClF3N/c1-2-5-21-9-10-3-4-14(18)12(6-10)11-7-15(19)16(20)8-13(11)17/h3-4,6-8,21H,2,5,9H2,1H3. The highest BCUT2D eigenvalue weighted by Gasteiger charge is 2.14. The van der Waals surface area contributed by atoms with Gasteiger partial charge in [-0.15, -0.1) is 0 Å². The summed E-state index contributed by atoms with van der Waals surface area (Å²) in [5.41, 5.74) is 1.15. The van der Waals surface area contributed by atoms with Gasteiger partial charge >= 0.3 is 0 Å². The van der Waals surface area contributed by atoms with Crippen molar-refractivity contribution in [2.45, 2.75) is 19.9 Å². The van der Waals surface area contributed by atoms with Crippen molar-refractivity contribution in [3.05, 3.63) is 58.4 Å². The van der Waals surface area contributed by atoms with E-state index >= 15 is 0 Å². The second-order valence-electron chi connectivity index (χ2n) is 4.74. The zero-order chi connectivity index (χ0) is 15.4. The molecule has 0 bridgehead atoms. The Balaban J connectivity index is 2.39. The van der Waals surface area contributed by atoms with Gasteiger partial charge in [0, 0.05) is 17.7 Å². The number of benzene rings is 2. The van der Waals surface area contributed by atoms with Crippen LogP contribution in [0, 0.1) is 17.5 Å². The van der Waals surface area contributed by atoms with Crippen molar-refractivity contribution in [1.82, 2.24) is 5.32 Å². The molecule has 1 N–H and O–H groups in total. The van der Waals surface area contributed by atoms with Crippen molar-refractivity contribution >= 4 is 11.6 Å². The van der Waals surface area contributed by atoms with Crippen LogP contribution in [0.1, 0.15) is 18.9 Å². The Hall–Kier alpha value is -1.52. The van der Waals surface area contributed by atoms with Gasteiger partial charge in [0.2, 0.25) is 0 Å². The summed E-state index contributed by atoms with van der Waals surface area (Å²) in [5, 5.41) is 3.17. The van der Waals surface area contributed by atoms with Gasteiger partial charge in [-0.05, 0) is 42.8 Å². The minimum absolute atomic E-state index is 0.0218. The quantitative estimate of drug-likeness (QED) is 0.610. The Bertz CT molecular complexity index is 644. The van der Waals surface area contributed by atoms with Crippen LogP contribution in [0.4, 0.5) is 13.2 Å². The Morgan fingerprint density at radius 1 is 0.952 bits per heavy atom. The van der Waals surface area contributed by atoms with Crippen LogP contribution in [-0.2, 0) is 6.54 Å². The number of hydrogen-bond donors (Lipinski definition) is 1. The monoisotopic (exact) mass is 313 g/mol. The summed E-state index contributed by atoms with van der Waals surface area (Å²) in [6, 6.07) is 6.31. The Morgan fingerprint density at radius 2 is 1.67 bits per heavy atom. The molecule has 0 saturated heterocycles. The van der Waals surface area contributed by atoms with Crippen molar-refractivity contribution in [3.8, 4) is 11.1 Å². The van der Waals surface area contributed by atoms with Crippen LogP contribution in [0.25, 0.3) is 11.1 Å². The van der Waals surface area contributed by atoms with Crippen LogP contribution in [0.5, 0.6) is 0 Å². The molecular weight excluding hydrogens is 299 g/mol. The lowest BCUT2D eigenvalue weighted by Crippen LogP contribution is -2.13. The summed E-state index contributed by atoms with van der Waals surface area (Å²) in [6.45, 7) is 3.46. The fraction of sp³-hybridized carbons (Fsp3) is 0.250. The third-order valence-corrected chi connectivity index (χ3v) is 3.40. The van der Waals surface area contributed by atoms with Gasteiger partial charge in [-0.1, -0.05) is 24.6 Å². The summed E-state index contributed by atoms with van der Waals surface area (Å²) < 4.78 is 40.4. The third kappa shape index (κ3) is 3.77. The van der Waals surface area contributed by atoms with Gasteiger partial charge in [0.05, 0.1) is 5.02 Å². The lowest BCUT2D eigenvalue weighted by Gasteiger charge is -2.10. The maximum atomic E-state index is 14.0. The Kier molecular flexibility index (Phi) is 5.26. The van der Waals surface area contributed by atoms with E-state index in [-0.39, 0.29) is 16.1 Å². The second-order valence-corrected chi connectivity index (χ2v) is 5.14. The third-order valence-electron chi connectivity index (χ3n) is 3.09. The van der Waals surface area contributed by atoms with Gasteiger partial charge in [0.15, 0.2) is 11.6 Å². The average molecular weight is 314 g/mol. The molecule has 0 heterocycles. The van der Waals surface area contributed by atoms with Crippen LogP contribution in [-0.4, -0.2) is 6.54 Å². The van der Waals surface area contributed by atoms with E-state index in [1.807, 2.05) is 6.92 Å². The molecule has 0 aliphatic heterocycles. The number of nitrogens with one attached hydrogen (secondary N) is 1. The Labute approximate surface area is 126 Å². The van der Waals surface area contributed by atoms with Crippen LogP contribution >= 0.6 is 11.6 Å². The van der Waals surface area contributed by atoms with E-state index in [4.69, 9.17) is 11.6 Å². The van der Waals surface area contributed by atoms with E-state index in [1.54, 1.807) is 12.1 Å². The van der Waals surface area contributed by atoms with E-state index in [2.05, 4.69) is 5.32 Å². The predicted molar refractivity (Wildman–Crippen MR) is 78.8 cm³/mol. The molecule has 0 radical (unpaired) electrons. The number of rotatable bonds is 5. The molecule has 0 saturated carbocycles. The van der Waals surface area contributed by atoms with Gasteiger partial charge in [-0.2, -0.15) is 0 Å². The first-order chi connectivity index (χ1) is 10.0. The highest BCUT2D eigenvalue weighted by Crippen LogP contribution is 2.32. The van der Waals surface area contributed by atoms with Crippen LogP contribution < -0.4 is 5.32 Å². The van der Waals surface area contributed by atoms with Crippen molar-refractivity contribution < 1.29 is 13.2 Å². The fourth-order valence-corrected chi connectivity index (χ4v) is 2.28. The lowest BCUT2D eigenvalue weighted by molar-refractivity contribution is 0.509. The van der Waals surface area contributed by atoms with Gasteiger partial charge in [-0.3, -0.25) is 0 Å². The topological polar surface area (TPSA) is 12.0 Å². The molecule has 0 spiro atoms. The minimum atomic E-state index is -1.05. The van der Waals surface area contributed by atoms with Crippen LogP contribution in [0.2, 0.25) is 5.02 Å². The minimum Gasteiger partial charge on any atom is -0.313 e. The van der Waals surface area contributed by atoms with E-state index in [9.17, 15) is 13.2 Å². The highest BCUT2D eigenvalue weighted by atomic mass is 35.5. The summed E-state index contributed by atoms with van der Waals surface area (Å²) in [4.78, 5) is 0. The summed E-state index contributed by atoms with van der Waals surface area (Å²) in [6.07, 6.45) is 0.989. The summed E-state index contributed by atoms with van der Waals surface area (Å²) in [7, 11) is 0. The van der Waals surface area contributed by atoms with Crippen molar-refractivity contribution in [2.24, 2.45) is 0 Å². The molecule has 0 aromatic heterocycles. The molecule has 112 valence electrons. The molecular formula is C16H15ClF3N. The number of halogens is 4. The van der Waals surface area contributed by atoms with Gasteiger partial charge < -0.3 is 5.32 Å². The molecule has 0 atom stereocenters. The van der Waals surface area contributed by atoms with E-state index in [1.165, 1.54) is 6.07 Å². The first kappa shape index (κ1) is 15.9. The molecule has 2 aromatic carbocycles. The van der Waals surface area contributed by atoms with Crippen LogP contribution in [0.15, 0.2) is 30.3 Å². The lowest BCUT2D eigenvalue weighted by atomic mass is 10.0. The summed E-state index contributed by atoms with van der Waals surface area (Å²) >= 11 is 5.90. The summed E-state index contributed by atoms with van der Waals surface area (Å²) in [5.74, 6) is -2.63. The molecule has 0 aliphatic rings. The van der Waals surface area contributed by atoms with E-state index in [0.717, 1.165) is 30.7 Å². The first-order valence-electron chi connectivity index (χ1n) is 6.67. The van der Waals surface area contributed by atoms with Crippen molar-refractivity contribution in [2.75, 3.05) is 6.54 Å². The predicted octanol–water partition coefficient (Wildman–Crippen LogP) is 4.92. The first-order valence-corrected chi connectivity index (χ1v) is 7.04. The molecule has 0 unspecified atom stereocenters. The zero-order valence-corrected chi connectivity index (χ0v) is 12.3. The SMILES string of the molecule is CCCNCc1ccc(F)c(-c2cc(F)c(F)cc2Cl)c1. The average Bonchev–Trinajstić information content (AvgIpc) is 2.45. The molecule has 0 aliphatic carbocycles. The van der Waals surface area contributed by atoms with Crippen LogP contribution in [0.3, 0.4) is 0 Å². The molecule has 2 rings (SSSR count). The van der Waals surface area contributed by atoms with E-state index < -0.39 is 17.5 Å². The van der Waals surface area contributed by atoms with Gasteiger partial charge in [0.1, 0.15) is 5.82 Å². The maximum Gasteiger partial charge on any atom is 0.160 e. The normalized spacial score (nSPS) is 10.9. The smallest absolute Gasteiger partial charge is 0.160 e. The largest absolute Gasteiger partial charge is 0.313 e. The van der Waals surface area contributed by atoms with E-state index in [0.29, 0.717) is 6.54 Å². The zero-order valence-electron chi connectivity index (χ0n) is 11.5. The van der Waals surface area contributed by atoms with Gasteiger partial charge in [0.25, 0.3) is 0 Å². The maximum absolute atomic E-state index is 14.0. The fourth-order valence-electron chi connectivity index (χ4n) is 2.03. The van der Waals surface area contributed by atoms with Gasteiger partial charge in [-0.25, -0.2) is 13.2 Å². The second kappa shape index (κ2) is 6.96. The van der Waals surface area contributed by atoms with Crippen molar-refractivity contribution in [1.29, 1.82) is 0 Å². The molecule has 5 heteroatoms.